The van der Waals surface area contributed by atoms with Gasteiger partial charge in [-0.1, -0.05) is 0 Å². The first kappa shape index (κ1) is 15.6. The molecule has 8 heteroatoms. The van der Waals surface area contributed by atoms with E-state index >= 15 is 0 Å². The topological polar surface area (TPSA) is 66.5 Å². The molecule has 0 aliphatic carbocycles. The monoisotopic (exact) mass is 354 g/mol. The molecular formula is C10H15BrN2O3S2. The first-order valence-corrected chi connectivity index (χ1v) is 8.33. The van der Waals surface area contributed by atoms with Crippen molar-refractivity contribution >= 4 is 43.2 Å². The van der Waals surface area contributed by atoms with Gasteiger partial charge in [0.1, 0.15) is 4.21 Å². The van der Waals surface area contributed by atoms with E-state index in [4.69, 9.17) is 0 Å². The molecule has 0 aliphatic rings. The number of halogens is 1. The zero-order valence-electron chi connectivity index (χ0n) is 10.4. The number of carbonyl (C=O) groups is 1. The van der Waals surface area contributed by atoms with Crippen molar-refractivity contribution in [3.63, 3.8) is 0 Å². The lowest BCUT2D eigenvalue weighted by Crippen LogP contribution is -2.37. The predicted octanol–water partition coefficient (Wildman–Crippen LogP) is 1.58. The summed E-state index contributed by atoms with van der Waals surface area (Å²) >= 11 is 4.44. The number of aryl methyl sites for hydroxylation is 1. The van der Waals surface area contributed by atoms with Gasteiger partial charge in [-0.05, 0) is 41.4 Å². The minimum absolute atomic E-state index is 0.176. The summed E-state index contributed by atoms with van der Waals surface area (Å²) in [6, 6.07) is 1.60. The third-order valence-electron chi connectivity index (χ3n) is 2.24. The summed E-state index contributed by atoms with van der Waals surface area (Å²) in [5, 5.41) is 2.57. The lowest BCUT2D eigenvalue weighted by atomic mass is 10.4. The molecule has 5 nitrogen and oxygen atoms in total. The van der Waals surface area contributed by atoms with Crippen LogP contribution in [0.1, 0.15) is 12.5 Å². The Morgan fingerprint density at radius 2 is 2.17 bits per heavy atom. The summed E-state index contributed by atoms with van der Waals surface area (Å²) in [5.41, 5.74) is 0.866. The number of likely N-dealkylation sites (N-methyl/N-ethyl adjacent to an activating group) is 2. The van der Waals surface area contributed by atoms with E-state index in [-0.39, 0.29) is 16.7 Å². The molecule has 0 atom stereocenters. The van der Waals surface area contributed by atoms with Crippen molar-refractivity contribution in [1.82, 2.24) is 9.62 Å². The molecular weight excluding hydrogens is 340 g/mol. The Morgan fingerprint density at radius 1 is 1.56 bits per heavy atom. The Kier molecular flexibility index (Phi) is 5.32. The summed E-state index contributed by atoms with van der Waals surface area (Å²) in [6.45, 7) is 3.91. The lowest BCUT2D eigenvalue weighted by Gasteiger charge is -2.15. The highest BCUT2D eigenvalue weighted by molar-refractivity contribution is 9.11. The van der Waals surface area contributed by atoms with Gasteiger partial charge in [0.15, 0.2) is 0 Å². The van der Waals surface area contributed by atoms with Crippen LogP contribution in [0, 0.1) is 6.92 Å². The van der Waals surface area contributed by atoms with Gasteiger partial charge in [0.2, 0.25) is 5.91 Å². The summed E-state index contributed by atoms with van der Waals surface area (Å²) in [4.78, 5) is 11.4. The Balaban J connectivity index is 2.89. The minimum atomic E-state index is -3.59. The zero-order valence-corrected chi connectivity index (χ0v) is 13.6. The Labute approximate surface area is 119 Å². The van der Waals surface area contributed by atoms with Gasteiger partial charge in [-0.25, -0.2) is 8.42 Å². The molecule has 0 bridgehead atoms. The lowest BCUT2D eigenvalue weighted by molar-refractivity contribution is -0.121. The van der Waals surface area contributed by atoms with Gasteiger partial charge in [-0.2, -0.15) is 4.31 Å². The van der Waals surface area contributed by atoms with E-state index in [0.717, 1.165) is 25.0 Å². The number of hydrogen-bond donors (Lipinski definition) is 1. The fraction of sp³-hybridized carbons (Fsp3) is 0.500. The predicted molar refractivity (Wildman–Crippen MR) is 75.3 cm³/mol. The van der Waals surface area contributed by atoms with Crippen molar-refractivity contribution in [2.45, 2.75) is 18.1 Å². The maximum Gasteiger partial charge on any atom is 0.252 e. The fourth-order valence-electron chi connectivity index (χ4n) is 1.25. The second-order valence-electron chi connectivity index (χ2n) is 3.74. The Bertz CT molecular complexity index is 520. The summed E-state index contributed by atoms with van der Waals surface area (Å²) in [6.07, 6.45) is 0. The molecule has 1 amide bonds. The smallest absolute Gasteiger partial charge is 0.252 e. The van der Waals surface area contributed by atoms with E-state index in [0.29, 0.717) is 6.54 Å². The van der Waals surface area contributed by atoms with Gasteiger partial charge in [0.05, 0.1) is 10.3 Å². The second kappa shape index (κ2) is 6.14. The van der Waals surface area contributed by atoms with Crippen molar-refractivity contribution in [2.24, 2.45) is 0 Å². The van der Waals surface area contributed by atoms with E-state index in [9.17, 15) is 13.2 Å². The molecule has 1 rings (SSSR count). The van der Waals surface area contributed by atoms with Gasteiger partial charge >= 0.3 is 0 Å². The van der Waals surface area contributed by atoms with Gasteiger partial charge in [-0.3, -0.25) is 4.79 Å². The first-order chi connectivity index (χ1) is 8.28. The summed E-state index contributed by atoms with van der Waals surface area (Å²) in [7, 11) is -2.20. The van der Waals surface area contributed by atoms with Crippen molar-refractivity contribution in [2.75, 3.05) is 20.1 Å². The van der Waals surface area contributed by atoms with Crippen molar-refractivity contribution in [3.8, 4) is 0 Å². The van der Waals surface area contributed by atoms with Crippen LogP contribution in [0.15, 0.2) is 14.1 Å². The van der Waals surface area contributed by atoms with E-state index in [1.165, 1.54) is 7.05 Å². The molecule has 102 valence electrons. The molecule has 0 saturated heterocycles. The van der Waals surface area contributed by atoms with Crippen LogP contribution in [0.4, 0.5) is 0 Å². The van der Waals surface area contributed by atoms with Crippen LogP contribution in [-0.2, 0) is 14.8 Å². The number of rotatable bonds is 5. The van der Waals surface area contributed by atoms with Crippen molar-refractivity contribution in [1.29, 1.82) is 0 Å². The van der Waals surface area contributed by atoms with Crippen LogP contribution in [-0.4, -0.2) is 38.8 Å². The number of nitrogens with one attached hydrogen (secondary N) is 1. The highest BCUT2D eigenvalue weighted by atomic mass is 79.9. The zero-order chi connectivity index (χ0) is 13.9. The molecule has 18 heavy (non-hydrogen) atoms. The van der Waals surface area contributed by atoms with E-state index in [1.54, 1.807) is 13.0 Å². The van der Waals surface area contributed by atoms with E-state index in [2.05, 4.69) is 21.2 Å². The largest absolute Gasteiger partial charge is 0.355 e. The molecule has 1 N–H and O–H groups in total. The number of thiophene rings is 1. The third kappa shape index (κ3) is 3.53. The highest BCUT2D eigenvalue weighted by Gasteiger charge is 2.25. The molecule has 0 radical (unpaired) electrons. The van der Waals surface area contributed by atoms with Gasteiger partial charge in [-0.15, -0.1) is 11.3 Å². The molecule has 1 aromatic heterocycles. The SMILES string of the molecule is CCNC(=O)CN(C)S(=O)(=O)c1cc(C)c(Br)s1. The van der Waals surface area contributed by atoms with Gasteiger partial charge in [0, 0.05) is 13.6 Å². The molecule has 0 saturated carbocycles. The minimum Gasteiger partial charge on any atom is -0.355 e. The number of nitrogens with zero attached hydrogens (tertiary/aromatic N) is 1. The number of carbonyl (C=O) groups excluding carboxylic acids is 1. The highest BCUT2D eigenvalue weighted by Crippen LogP contribution is 2.31. The van der Waals surface area contributed by atoms with Crippen molar-refractivity contribution in [3.05, 3.63) is 15.4 Å². The summed E-state index contributed by atoms with van der Waals surface area (Å²) in [5.74, 6) is -0.309. The first-order valence-electron chi connectivity index (χ1n) is 5.28. The van der Waals surface area contributed by atoms with Crippen LogP contribution in [0.5, 0.6) is 0 Å². The Hall–Kier alpha value is -0.440. The number of amides is 1. The van der Waals surface area contributed by atoms with Crippen LogP contribution >= 0.6 is 27.3 Å². The average molecular weight is 355 g/mol. The van der Waals surface area contributed by atoms with E-state index in [1.807, 2.05) is 6.92 Å². The number of hydrogen-bond acceptors (Lipinski definition) is 4. The molecule has 1 aromatic rings. The molecule has 0 unspecified atom stereocenters. The standard InChI is InChI=1S/C10H15BrN2O3S2/c1-4-12-8(14)6-13(3)18(15,16)9-5-7(2)10(11)17-9/h5H,4,6H2,1-3H3,(H,12,14). The Morgan fingerprint density at radius 3 is 2.61 bits per heavy atom. The third-order valence-corrected chi connectivity index (χ3v) is 6.63. The van der Waals surface area contributed by atoms with E-state index < -0.39 is 10.0 Å². The molecule has 0 aliphatic heterocycles. The normalized spacial score (nSPS) is 11.8. The van der Waals surface area contributed by atoms with Crippen LogP contribution < -0.4 is 5.32 Å². The number of sulfonamides is 1. The van der Waals surface area contributed by atoms with Crippen LogP contribution in [0.2, 0.25) is 0 Å². The maximum absolute atomic E-state index is 12.2. The second-order valence-corrected chi connectivity index (χ2v) is 8.38. The van der Waals surface area contributed by atoms with Crippen LogP contribution in [0.3, 0.4) is 0 Å². The fourth-order valence-corrected chi connectivity index (χ4v) is 4.82. The molecule has 0 fully saturated rings. The van der Waals surface area contributed by atoms with Crippen LogP contribution in [0.25, 0.3) is 0 Å². The van der Waals surface area contributed by atoms with Gasteiger partial charge < -0.3 is 5.32 Å². The quantitative estimate of drug-likeness (QED) is 0.872. The average Bonchev–Trinajstić information content (AvgIpc) is 2.60. The molecule has 1 heterocycles. The van der Waals surface area contributed by atoms with Crippen molar-refractivity contribution < 1.29 is 13.2 Å². The molecule has 0 aromatic carbocycles. The molecule has 0 spiro atoms. The maximum atomic E-state index is 12.2. The summed E-state index contributed by atoms with van der Waals surface area (Å²) < 4.78 is 26.4. The van der Waals surface area contributed by atoms with Gasteiger partial charge in [0.25, 0.3) is 10.0 Å².